The molecule has 108 valence electrons. The van der Waals surface area contributed by atoms with E-state index in [1.807, 2.05) is 18.2 Å². The van der Waals surface area contributed by atoms with Gasteiger partial charge in [-0.25, -0.2) is 0 Å². The van der Waals surface area contributed by atoms with Crippen LogP contribution in [0.5, 0.6) is 0 Å². The van der Waals surface area contributed by atoms with Gasteiger partial charge in [0.25, 0.3) is 0 Å². The van der Waals surface area contributed by atoms with Gasteiger partial charge < -0.3 is 0 Å². The van der Waals surface area contributed by atoms with Crippen LogP contribution in [-0.2, 0) is 5.54 Å². The van der Waals surface area contributed by atoms with E-state index in [0.29, 0.717) is 4.77 Å². The molecule has 0 amide bonds. The molecule has 0 fully saturated rings. The molecule has 2 aromatic rings. The van der Waals surface area contributed by atoms with Crippen molar-refractivity contribution < 1.29 is 0 Å². The van der Waals surface area contributed by atoms with Crippen LogP contribution in [0, 0.1) is 10.2 Å². The van der Waals surface area contributed by atoms with Gasteiger partial charge in [-0.15, -0.1) is 0 Å². The number of aromatic amines is 1. The van der Waals surface area contributed by atoms with Crippen LogP contribution >= 0.6 is 12.2 Å². The van der Waals surface area contributed by atoms with Gasteiger partial charge in [0, 0.05) is 11.1 Å². The SMILES string of the molecule is CC(C)(C)CC(C)(C)n1c(-c2ccccc2)n[nH]c1=S. The zero-order chi connectivity index (χ0) is 15.0. The van der Waals surface area contributed by atoms with Gasteiger partial charge in [0.05, 0.1) is 0 Å². The highest BCUT2D eigenvalue weighted by atomic mass is 32.1. The fourth-order valence-corrected chi connectivity index (χ4v) is 3.40. The van der Waals surface area contributed by atoms with Crippen molar-refractivity contribution in [2.24, 2.45) is 5.41 Å². The molecule has 0 radical (unpaired) electrons. The number of nitrogens with zero attached hydrogens (tertiary/aromatic N) is 2. The van der Waals surface area contributed by atoms with E-state index in [0.717, 1.165) is 17.8 Å². The second kappa shape index (κ2) is 5.17. The van der Waals surface area contributed by atoms with Crippen molar-refractivity contribution in [1.82, 2.24) is 14.8 Å². The molecule has 0 bridgehead atoms. The Hall–Kier alpha value is -1.42. The third-order valence-corrected chi connectivity index (χ3v) is 3.55. The highest BCUT2D eigenvalue weighted by Crippen LogP contribution is 2.35. The quantitative estimate of drug-likeness (QED) is 0.825. The number of hydrogen-bond donors (Lipinski definition) is 1. The van der Waals surface area contributed by atoms with E-state index in [9.17, 15) is 0 Å². The summed E-state index contributed by atoms with van der Waals surface area (Å²) in [6.07, 6.45) is 1.02. The molecule has 0 unspecified atom stereocenters. The normalized spacial score (nSPS) is 12.7. The van der Waals surface area contributed by atoms with Crippen molar-refractivity contribution in [3.8, 4) is 11.4 Å². The van der Waals surface area contributed by atoms with Crippen LogP contribution < -0.4 is 0 Å². The van der Waals surface area contributed by atoms with Crippen LogP contribution in [0.15, 0.2) is 30.3 Å². The summed E-state index contributed by atoms with van der Waals surface area (Å²) in [4.78, 5) is 0. The Balaban J connectivity index is 2.53. The van der Waals surface area contributed by atoms with E-state index < -0.39 is 0 Å². The maximum absolute atomic E-state index is 5.46. The smallest absolute Gasteiger partial charge is 0.195 e. The molecule has 20 heavy (non-hydrogen) atoms. The van der Waals surface area contributed by atoms with Crippen molar-refractivity contribution in [3.05, 3.63) is 35.1 Å². The molecule has 0 aliphatic carbocycles. The fourth-order valence-electron chi connectivity index (χ4n) is 3.02. The summed E-state index contributed by atoms with van der Waals surface area (Å²) in [5.74, 6) is 0.907. The number of rotatable bonds is 3. The standard InChI is InChI=1S/C16H23N3S/c1-15(2,3)11-16(4,5)19-13(17-18-14(19)20)12-9-7-6-8-10-12/h6-10H,11H2,1-5H3,(H,18,20). The first-order chi connectivity index (χ1) is 9.21. The van der Waals surface area contributed by atoms with E-state index in [1.165, 1.54) is 0 Å². The van der Waals surface area contributed by atoms with Gasteiger partial charge in [-0.1, -0.05) is 51.1 Å². The van der Waals surface area contributed by atoms with Crippen LogP contribution in [-0.4, -0.2) is 14.8 Å². The molecular formula is C16H23N3S. The van der Waals surface area contributed by atoms with E-state index in [-0.39, 0.29) is 11.0 Å². The van der Waals surface area contributed by atoms with E-state index in [4.69, 9.17) is 12.2 Å². The first-order valence-corrected chi connectivity index (χ1v) is 7.35. The minimum Gasteiger partial charge on any atom is -0.294 e. The molecule has 3 nitrogen and oxygen atoms in total. The third kappa shape index (κ3) is 3.18. The minimum atomic E-state index is -0.0898. The lowest BCUT2D eigenvalue weighted by atomic mass is 9.81. The lowest BCUT2D eigenvalue weighted by Crippen LogP contribution is -2.32. The van der Waals surface area contributed by atoms with Gasteiger partial charge in [-0.3, -0.25) is 9.67 Å². The molecule has 0 aliphatic rings. The highest BCUT2D eigenvalue weighted by molar-refractivity contribution is 7.71. The maximum atomic E-state index is 5.46. The third-order valence-electron chi connectivity index (χ3n) is 3.27. The molecule has 1 N–H and O–H groups in total. The molecule has 0 spiro atoms. The van der Waals surface area contributed by atoms with Crippen LogP contribution in [0.25, 0.3) is 11.4 Å². The largest absolute Gasteiger partial charge is 0.294 e. The minimum absolute atomic E-state index is 0.0898. The first-order valence-electron chi connectivity index (χ1n) is 6.94. The summed E-state index contributed by atoms with van der Waals surface area (Å²) in [6.45, 7) is 11.2. The fraction of sp³-hybridized carbons (Fsp3) is 0.500. The van der Waals surface area contributed by atoms with Gasteiger partial charge in [-0.05, 0) is 37.9 Å². The highest BCUT2D eigenvalue weighted by Gasteiger charge is 2.30. The number of H-pyrrole nitrogens is 1. The molecule has 1 heterocycles. The Kier molecular flexibility index (Phi) is 3.87. The lowest BCUT2D eigenvalue weighted by Gasteiger charge is -2.34. The van der Waals surface area contributed by atoms with E-state index >= 15 is 0 Å². The predicted molar refractivity (Wildman–Crippen MR) is 86.2 cm³/mol. The van der Waals surface area contributed by atoms with Crippen LogP contribution in [0.3, 0.4) is 0 Å². The Morgan fingerprint density at radius 1 is 1.10 bits per heavy atom. The average molecular weight is 289 g/mol. The van der Waals surface area contributed by atoms with Crippen molar-refractivity contribution >= 4 is 12.2 Å². The van der Waals surface area contributed by atoms with Gasteiger partial charge in [-0.2, -0.15) is 5.10 Å². The Labute approximate surface area is 126 Å². The molecule has 2 rings (SSSR count). The number of hydrogen-bond acceptors (Lipinski definition) is 2. The first kappa shape index (κ1) is 15.0. The van der Waals surface area contributed by atoms with Crippen LogP contribution in [0.2, 0.25) is 0 Å². The predicted octanol–water partition coefficient (Wildman–Crippen LogP) is 4.78. The summed E-state index contributed by atoms with van der Waals surface area (Å²) in [7, 11) is 0. The topological polar surface area (TPSA) is 33.6 Å². The number of benzene rings is 1. The van der Waals surface area contributed by atoms with E-state index in [2.05, 4.69) is 61.5 Å². The zero-order valence-corrected chi connectivity index (χ0v) is 13.7. The second-order valence-corrected chi connectivity index (χ2v) is 7.49. The van der Waals surface area contributed by atoms with Crippen molar-refractivity contribution in [1.29, 1.82) is 0 Å². The van der Waals surface area contributed by atoms with Gasteiger partial charge in [0.15, 0.2) is 10.6 Å². The zero-order valence-electron chi connectivity index (χ0n) is 12.9. The summed E-state index contributed by atoms with van der Waals surface area (Å²) in [6, 6.07) is 10.2. The van der Waals surface area contributed by atoms with Gasteiger partial charge in [0.2, 0.25) is 0 Å². The molecule has 0 aliphatic heterocycles. The summed E-state index contributed by atoms with van der Waals surface area (Å²) < 4.78 is 2.82. The number of aromatic nitrogens is 3. The molecular weight excluding hydrogens is 266 g/mol. The van der Waals surface area contributed by atoms with Crippen LogP contribution in [0.4, 0.5) is 0 Å². The van der Waals surface area contributed by atoms with Gasteiger partial charge >= 0.3 is 0 Å². The molecule has 0 saturated heterocycles. The maximum Gasteiger partial charge on any atom is 0.195 e. The van der Waals surface area contributed by atoms with Crippen LogP contribution in [0.1, 0.15) is 41.0 Å². The monoisotopic (exact) mass is 289 g/mol. The lowest BCUT2D eigenvalue weighted by molar-refractivity contribution is 0.214. The summed E-state index contributed by atoms with van der Waals surface area (Å²) >= 11 is 5.46. The molecule has 0 saturated carbocycles. The van der Waals surface area contributed by atoms with Crippen molar-refractivity contribution in [3.63, 3.8) is 0 Å². The Bertz CT molecular complexity index is 630. The van der Waals surface area contributed by atoms with Gasteiger partial charge in [0.1, 0.15) is 0 Å². The molecule has 4 heteroatoms. The Morgan fingerprint density at radius 2 is 1.70 bits per heavy atom. The summed E-state index contributed by atoms with van der Waals surface area (Å²) in [5, 5.41) is 7.37. The average Bonchev–Trinajstić information content (AvgIpc) is 2.70. The van der Waals surface area contributed by atoms with E-state index in [1.54, 1.807) is 0 Å². The molecule has 1 aromatic carbocycles. The van der Waals surface area contributed by atoms with Crippen molar-refractivity contribution in [2.75, 3.05) is 0 Å². The number of nitrogens with one attached hydrogen (secondary N) is 1. The second-order valence-electron chi connectivity index (χ2n) is 7.10. The van der Waals surface area contributed by atoms with Crippen molar-refractivity contribution in [2.45, 2.75) is 46.6 Å². The molecule has 1 aromatic heterocycles. The summed E-state index contributed by atoms with van der Waals surface area (Å²) in [5.41, 5.74) is 1.22. The Morgan fingerprint density at radius 3 is 2.25 bits per heavy atom. The molecule has 0 atom stereocenters.